The van der Waals surface area contributed by atoms with Crippen molar-refractivity contribution in [2.75, 3.05) is 5.32 Å². The van der Waals surface area contributed by atoms with Crippen molar-refractivity contribution in [3.63, 3.8) is 0 Å². The van der Waals surface area contributed by atoms with Crippen molar-refractivity contribution in [3.05, 3.63) is 59.2 Å². The van der Waals surface area contributed by atoms with E-state index in [9.17, 15) is 9.59 Å². The van der Waals surface area contributed by atoms with E-state index in [4.69, 9.17) is 4.74 Å². The fourth-order valence-electron chi connectivity index (χ4n) is 3.97. The largest absolute Gasteiger partial charge is 0.468 e. The number of para-hydroxylation sites is 1. The lowest BCUT2D eigenvalue weighted by molar-refractivity contribution is -0.145. The number of carbonyl (C=O) groups is 2. The van der Waals surface area contributed by atoms with Gasteiger partial charge in [-0.3, -0.25) is 9.59 Å². The van der Waals surface area contributed by atoms with Crippen LogP contribution in [0.3, 0.4) is 0 Å². The number of anilines is 1. The monoisotopic (exact) mass is 350 g/mol. The van der Waals surface area contributed by atoms with Crippen molar-refractivity contribution >= 4 is 17.5 Å². The molecule has 2 N–H and O–H groups in total. The highest BCUT2D eigenvalue weighted by molar-refractivity contribution is 6.08. The van der Waals surface area contributed by atoms with E-state index in [-0.39, 0.29) is 17.7 Å². The first-order valence-corrected chi connectivity index (χ1v) is 8.84. The van der Waals surface area contributed by atoms with Crippen molar-refractivity contribution in [1.29, 1.82) is 0 Å². The Bertz CT molecular complexity index is 908. The third-order valence-corrected chi connectivity index (χ3v) is 5.27. The molecule has 0 aromatic heterocycles. The van der Waals surface area contributed by atoms with Crippen LogP contribution in [0.25, 0.3) is 0 Å². The van der Waals surface area contributed by atoms with Gasteiger partial charge in [0, 0.05) is 18.0 Å². The van der Waals surface area contributed by atoms with E-state index in [1.54, 1.807) is 0 Å². The number of fused-ring (bicyclic) bond motifs is 4. The van der Waals surface area contributed by atoms with Crippen LogP contribution in [0.2, 0.25) is 0 Å². The van der Waals surface area contributed by atoms with Crippen LogP contribution < -0.4 is 15.4 Å². The summed E-state index contributed by atoms with van der Waals surface area (Å²) < 4.78 is 5.98. The van der Waals surface area contributed by atoms with Gasteiger partial charge in [-0.05, 0) is 49.6 Å². The summed E-state index contributed by atoms with van der Waals surface area (Å²) in [6.45, 7) is 5.77. The molecule has 0 spiro atoms. The average molecular weight is 350 g/mol. The first-order chi connectivity index (χ1) is 12.4. The SMILES string of the molecule is Cc1ccc(C)c(NC(=O)[C@H]2C(=O)N[C@]3(C)C[C@H]2c2ccccc2O3)c1. The summed E-state index contributed by atoms with van der Waals surface area (Å²) in [5.41, 5.74) is 2.92. The lowest BCUT2D eigenvalue weighted by Gasteiger charge is -2.46. The van der Waals surface area contributed by atoms with Gasteiger partial charge < -0.3 is 15.4 Å². The quantitative estimate of drug-likeness (QED) is 0.817. The van der Waals surface area contributed by atoms with Gasteiger partial charge in [0.25, 0.3) is 0 Å². The molecule has 0 unspecified atom stereocenters. The van der Waals surface area contributed by atoms with Crippen LogP contribution in [-0.4, -0.2) is 17.5 Å². The number of rotatable bonds is 2. The standard InChI is InChI=1S/C21H22N2O3/c1-12-8-9-13(2)16(10-12)22-19(24)18-15-11-21(3,23-20(18)25)26-17-7-5-4-6-14(15)17/h4-10,15,18H,11H2,1-3H3,(H,22,24)(H,23,25)/t15-,18-,21-/m0/s1. The van der Waals surface area contributed by atoms with Crippen LogP contribution in [0.4, 0.5) is 5.69 Å². The Morgan fingerprint density at radius 1 is 1.23 bits per heavy atom. The zero-order chi connectivity index (χ0) is 18.5. The summed E-state index contributed by atoms with van der Waals surface area (Å²) in [5.74, 6) is -0.825. The van der Waals surface area contributed by atoms with Gasteiger partial charge in [-0.15, -0.1) is 0 Å². The van der Waals surface area contributed by atoms with E-state index >= 15 is 0 Å². The molecule has 0 aliphatic carbocycles. The van der Waals surface area contributed by atoms with Gasteiger partial charge in [-0.1, -0.05) is 30.3 Å². The predicted molar refractivity (Wildman–Crippen MR) is 99.0 cm³/mol. The molecule has 2 aromatic rings. The second-order valence-electron chi connectivity index (χ2n) is 7.46. The van der Waals surface area contributed by atoms with Crippen molar-refractivity contribution in [2.45, 2.75) is 38.8 Å². The molecular weight excluding hydrogens is 328 g/mol. The summed E-state index contributed by atoms with van der Waals surface area (Å²) >= 11 is 0. The summed E-state index contributed by atoms with van der Waals surface area (Å²) in [4.78, 5) is 25.8. The lowest BCUT2D eigenvalue weighted by Crippen LogP contribution is -2.62. The maximum absolute atomic E-state index is 13.0. The van der Waals surface area contributed by atoms with E-state index in [1.807, 2.05) is 63.2 Å². The Morgan fingerprint density at radius 2 is 2.00 bits per heavy atom. The molecule has 2 aliphatic rings. The molecule has 26 heavy (non-hydrogen) atoms. The molecule has 5 nitrogen and oxygen atoms in total. The topological polar surface area (TPSA) is 67.4 Å². The van der Waals surface area contributed by atoms with Crippen LogP contribution in [-0.2, 0) is 9.59 Å². The van der Waals surface area contributed by atoms with Crippen LogP contribution in [0, 0.1) is 19.8 Å². The summed E-state index contributed by atoms with van der Waals surface area (Å²) in [7, 11) is 0. The molecule has 3 atom stereocenters. The van der Waals surface area contributed by atoms with E-state index < -0.39 is 11.6 Å². The smallest absolute Gasteiger partial charge is 0.237 e. The second kappa shape index (κ2) is 5.87. The van der Waals surface area contributed by atoms with Crippen LogP contribution in [0.1, 0.15) is 36.0 Å². The van der Waals surface area contributed by atoms with Gasteiger partial charge in [-0.2, -0.15) is 0 Å². The minimum atomic E-state index is -0.784. The number of hydrogen-bond acceptors (Lipinski definition) is 3. The van der Waals surface area contributed by atoms with Crippen molar-refractivity contribution in [1.82, 2.24) is 5.32 Å². The first kappa shape index (κ1) is 16.6. The Hall–Kier alpha value is -2.82. The zero-order valence-corrected chi connectivity index (χ0v) is 15.1. The highest BCUT2D eigenvalue weighted by atomic mass is 16.5. The number of hydrogen-bond donors (Lipinski definition) is 2. The van der Waals surface area contributed by atoms with Gasteiger partial charge >= 0.3 is 0 Å². The lowest BCUT2D eigenvalue weighted by atomic mass is 9.74. The fraction of sp³-hybridized carbons (Fsp3) is 0.333. The molecule has 134 valence electrons. The van der Waals surface area contributed by atoms with E-state index in [1.165, 1.54) is 0 Å². The Kier molecular flexibility index (Phi) is 3.75. The zero-order valence-electron chi connectivity index (χ0n) is 15.1. The second-order valence-corrected chi connectivity index (χ2v) is 7.46. The van der Waals surface area contributed by atoms with E-state index in [0.29, 0.717) is 6.42 Å². The molecule has 2 heterocycles. The predicted octanol–water partition coefficient (Wildman–Crippen LogP) is 3.27. The minimum Gasteiger partial charge on any atom is -0.468 e. The molecule has 2 amide bonds. The summed E-state index contributed by atoms with van der Waals surface area (Å²) in [6, 6.07) is 13.5. The maximum atomic E-state index is 13.0. The molecule has 0 saturated carbocycles. The Morgan fingerprint density at radius 3 is 2.81 bits per heavy atom. The highest BCUT2D eigenvalue weighted by Gasteiger charge is 2.51. The Labute approximate surface area is 152 Å². The number of piperidine rings is 1. The highest BCUT2D eigenvalue weighted by Crippen LogP contribution is 2.46. The minimum absolute atomic E-state index is 0.205. The normalized spacial score (nSPS) is 26.3. The van der Waals surface area contributed by atoms with Gasteiger partial charge in [-0.25, -0.2) is 0 Å². The molecule has 4 rings (SSSR count). The van der Waals surface area contributed by atoms with Crippen molar-refractivity contribution < 1.29 is 14.3 Å². The van der Waals surface area contributed by atoms with Crippen LogP contribution in [0.15, 0.2) is 42.5 Å². The molecule has 1 saturated heterocycles. The third kappa shape index (κ3) is 2.73. The molecule has 5 heteroatoms. The number of carbonyl (C=O) groups excluding carboxylic acids is 2. The van der Waals surface area contributed by atoms with Gasteiger partial charge in [0.15, 0.2) is 5.72 Å². The number of nitrogens with one attached hydrogen (secondary N) is 2. The van der Waals surface area contributed by atoms with Gasteiger partial charge in [0.1, 0.15) is 11.7 Å². The molecular formula is C21H22N2O3. The first-order valence-electron chi connectivity index (χ1n) is 8.84. The van der Waals surface area contributed by atoms with Gasteiger partial charge in [0.2, 0.25) is 11.8 Å². The summed E-state index contributed by atoms with van der Waals surface area (Å²) in [5, 5.41) is 5.84. The van der Waals surface area contributed by atoms with Gasteiger partial charge in [0.05, 0.1) is 0 Å². The van der Waals surface area contributed by atoms with E-state index in [2.05, 4.69) is 10.6 Å². The number of ether oxygens (including phenoxy) is 1. The van der Waals surface area contributed by atoms with Crippen molar-refractivity contribution in [3.8, 4) is 5.75 Å². The molecule has 0 radical (unpaired) electrons. The van der Waals surface area contributed by atoms with Crippen LogP contribution >= 0.6 is 0 Å². The average Bonchev–Trinajstić information content (AvgIpc) is 2.57. The van der Waals surface area contributed by atoms with Crippen molar-refractivity contribution in [2.24, 2.45) is 5.92 Å². The summed E-state index contributed by atoms with van der Waals surface area (Å²) in [6.07, 6.45) is 0.570. The van der Waals surface area contributed by atoms with Crippen LogP contribution in [0.5, 0.6) is 5.75 Å². The molecule has 1 fully saturated rings. The molecule has 2 aromatic carbocycles. The molecule has 2 aliphatic heterocycles. The number of aryl methyl sites for hydroxylation is 2. The molecule has 2 bridgehead atoms. The fourth-order valence-corrected chi connectivity index (χ4v) is 3.97. The van der Waals surface area contributed by atoms with E-state index in [0.717, 1.165) is 28.1 Å². The number of benzene rings is 2. The maximum Gasteiger partial charge on any atom is 0.237 e. The Balaban J connectivity index is 1.69. The number of amides is 2. The third-order valence-electron chi connectivity index (χ3n) is 5.27.